The van der Waals surface area contributed by atoms with Crippen LogP contribution >= 0.6 is 0 Å². The summed E-state index contributed by atoms with van der Waals surface area (Å²) in [5, 5.41) is 14.1. The number of benzene rings is 1. The van der Waals surface area contributed by atoms with Crippen LogP contribution in [0.2, 0.25) is 0 Å². The molecule has 1 aromatic heterocycles. The van der Waals surface area contributed by atoms with Crippen LogP contribution in [-0.2, 0) is 6.54 Å². The third-order valence-electron chi connectivity index (χ3n) is 5.43. The molecule has 3 fully saturated rings. The van der Waals surface area contributed by atoms with Gasteiger partial charge in [-0.15, -0.1) is 0 Å². The largest absolute Gasteiger partial charge is 0.478 e. The number of carboxylic acids is 1. The van der Waals surface area contributed by atoms with Crippen molar-refractivity contribution < 1.29 is 9.90 Å². The van der Waals surface area contributed by atoms with Gasteiger partial charge in [0.15, 0.2) is 0 Å². The molecule has 5 heteroatoms. The summed E-state index contributed by atoms with van der Waals surface area (Å²) < 4.78 is 2.06. The van der Waals surface area contributed by atoms with Gasteiger partial charge in [0.2, 0.25) is 0 Å². The third-order valence-corrected chi connectivity index (χ3v) is 5.43. The number of hydrogen-bond donors (Lipinski definition) is 2. The number of nitrogens with one attached hydrogen (secondary N) is 1. The molecule has 4 heterocycles. The van der Waals surface area contributed by atoms with E-state index in [4.69, 9.17) is 0 Å². The SMILES string of the molecule is O=C(O)c1cccc2ccn(CCNC3CN4CCC3CC4)c12. The van der Waals surface area contributed by atoms with Gasteiger partial charge in [0.1, 0.15) is 0 Å². The molecule has 0 aliphatic carbocycles. The molecule has 1 aromatic carbocycles. The summed E-state index contributed by atoms with van der Waals surface area (Å²) in [5.41, 5.74) is 1.21. The van der Waals surface area contributed by atoms with Crippen LogP contribution in [0.15, 0.2) is 30.5 Å². The van der Waals surface area contributed by atoms with E-state index in [9.17, 15) is 9.90 Å². The number of piperidine rings is 3. The van der Waals surface area contributed by atoms with Crippen LogP contribution in [0.25, 0.3) is 10.9 Å². The maximum Gasteiger partial charge on any atom is 0.337 e. The monoisotopic (exact) mass is 313 g/mol. The van der Waals surface area contributed by atoms with Crippen molar-refractivity contribution in [3.05, 3.63) is 36.0 Å². The second kappa shape index (κ2) is 5.98. The quantitative estimate of drug-likeness (QED) is 0.887. The first kappa shape index (κ1) is 14.7. The minimum atomic E-state index is -0.860. The number of carboxylic acid groups (broad SMARTS) is 1. The highest BCUT2D eigenvalue weighted by Crippen LogP contribution is 2.27. The predicted molar refractivity (Wildman–Crippen MR) is 89.9 cm³/mol. The zero-order valence-corrected chi connectivity index (χ0v) is 13.2. The van der Waals surface area contributed by atoms with Gasteiger partial charge >= 0.3 is 5.97 Å². The molecule has 5 nitrogen and oxygen atoms in total. The molecule has 0 spiro atoms. The number of hydrogen-bond acceptors (Lipinski definition) is 3. The van der Waals surface area contributed by atoms with Gasteiger partial charge in [0.25, 0.3) is 0 Å². The lowest BCUT2D eigenvalue weighted by Gasteiger charge is -2.45. The standard InChI is InChI=1S/C18H23N3O2/c22-18(23)15-3-1-2-14-6-10-21(17(14)15)11-7-19-16-12-20-8-4-13(16)5-9-20/h1-3,6,10,13,16,19H,4-5,7-9,11-12H2,(H,22,23). The molecule has 0 amide bonds. The summed E-state index contributed by atoms with van der Waals surface area (Å²) in [6.07, 6.45) is 4.62. The van der Waals surface area contributed by atoms with E-state index in [0.29, 0.717) is 11.6 Å². The van der Waals surface area contributed by atoms with Gasteiger partial charge in [-0.25, -0.2) is 4.79 Å². The zero-order valence-electron chi connectivity index (χ0n) is 13.2. The van der Waals surface area contributed by atoms with Gasteiger partial charge in [0, 0.05) is 37.3 Å². The molecule has 0 saturated carbocycles. The van der Waals surface area contributed by atoms with E-state index in [1.807, 2.05) is 24.4 Å². The number of rotatable bonds is 5. The van der Waals surface area contributed by atoms with Gasteiger partial charge in [0.05, 0.1) is 11.1 Å². The molecular formula is C18H23N3O2. The Labute approximate surface area is 135 Å². The van der Waals surface area contributed by atoms with Crippen molar-refractivity contribution in [2.45, 2.75) is 25.4 Å². The van der Waals surface area contributed by atoms with Gasteiger partial charge in [-0.2, -0.15) is 0 Å². The number of aromatic nitrogens is 1. The van der Waals surface area contributed by atoms with Gasteiger partial charge in [-0.05, 0) is 44.0 Å². The summed E-state index contributed by atoms with van der Waals surface area (Å²) in [4.78, 5) is 14.0. The molecule has 3 aliphatic rings. The third kappa shape index (κ3) is 2.75. The van der Waals surface area contributed by atoms with E-state index in [-0.39, 0.29) is 0 Å². The summed E-state index contributed by atoms with van der Waals surface area (Å²) in [7, 11) is 0. The number of para-hydroxylation sites is 1. The van der Waals surface area contributed by atoms with Crippen LogP contribution < -0.4 is 5.32 Å². The van der Waals surface area contributed by atoms with E-state index in [1.54, 1.807) is 6.07 Å². The lowest BCUT2D eigenvalue weighted by molar-refractivity contribution is 0.0698. The van der Waals surface area contributed by atoms with E-state index in [1.165, 1.54) is 25.9 Å². The minimum Gasteiger partial charge on any atom is -0.478 e. The van der Waals surface area contributed by atoms with Crippen molar-refractivity contribution in [2.24, 2.45) is 5.92 Å². The maximum atomic E-state index is 11.4. The molecule has 23 heavy (non-hydrogen) atoms. The molecule has 1 atom stereocenters. The van der Waals surface area contributed by atoms with Crippen molar-refractivity contribution >= 4 is 16.9 Å². The van der Waals surface area contributed by atoms with Gasteiger partial charge in [-0.1, -0.05) is 12.1 Å². The fraction of sp³-hybridized carbons (Fsp3) is 0.500. The highest BCUT2D eigenvalue weighted by molar-refractivity contribution is 6.02. The Morgan fingerprint density at radius 3 is 2.78 bits per heavy atom. The highest BCUT2D eigenvalue weighted by atomic mass is 16.4. The van der Waals surface area contributed by atoms with Crippen molar-refractivity contribution in [1.82, 2.24) is 14.8 Å². The molecule has 0 radical (unpaired) electrons. The van der Waals surface area contributed by atoms with Crippen LogP contribution in [0.3, 0.4) is 0 Å². The summed E-state index contributed by atoms with van der Waals surface area (Å²) >= 11 is 0. The molecule has 122 valence electrons. The average Bonchev–Trinajstić information content (AvgIpc) is 2.99. The lowest BCUT2D eigenvalue weighted by Crippen LogP contribution is -2.56. The fourth-order valence-corrected chi connectivity index (χ4v) is 4.19. The Hall–Kier alpha value is -1.85. The first-order chi connectivity index (χ1) is 11.2. The average molecular weight is 313 g/mol. The summed E-state index contributed by atoms with van der Waals surface area (Å²) in [6.45, 7) is 5.36. The van der Waals surface area contributed by atoms with E-state index in [2.05, 4.69) is 14.8 Å². The zero-order chi connectivity index (χ0) is 15.8. The first-order valence-corrected chi connectivity index (χ1v) is 8.49. The van der Waals surface area contributed by atoms with Crippen LogP contribution in [0.4, 0.5) is 0 Å². The normalized spacial score (nSPS) is 26.7. The molecule has 2 aromatic rings. The Balaban J connectivity index is 1.45. The van der Waals surface area contributed by atoms with Crippen LogP contribution in [0.5, 0.6) is 0 Å². The predicted octanol–water partition coefficient (Wildman–Crippen LogP) is 2.02. The van der Waals surface area contributed by atoms with E-state index < -0.39 is 5.97 Å². The van der Waals surface area contributed by atoms with Crippen LogP contribution in [0.1, 0.15) is 23.2 Å². The molecule has 2 bridgehead atoms. The van der Waals surface area contributed by atoms with Crippen molar-refractivity contribution in [2.75, 3.05) is 26.2 Å². The Bertz CT molecular complexity index is 716. The molecule has 3 aliphatic heterocycles. The molecule has 1 unspecified atom stereocenters. The van der Waals surface area contributed by atoms with Crippen LogP contribution in [0, 0.1) is 5.92 Å². The lowest BCUT2D eigenvalue weighted by atomic mass is 9.84. The van der Waals surface area contributed by atoms with Crippen molar-refractivity contribution in [1.29, 1.82) is 0 Å². The van der Waals surface area contributed by atoms with Gasteiger partial charge in [-0.3, -0.25) is 0 Å². The Morgan fingerprint density at radius 1 is 1.26 bits per heavy atom. The number of aromatic carboxylic acids is 1. The molecule has 2 N–H and O–H groups in total. The van der Waals surface area contributed by atoms with E-state index in [0.717, 1.165) is 36.5 Å². The minimum absolute atomic E-state index is 0.385. The fourth-order valence-electron chi connectivity index (χ4n) is 4.19. The highest BCUT2D eigenvalue weighted by Gasteiger charge is 2.33. The first-order valence-electron chi connectivity index (χ1n) is 8.49. The number of fused-ring (bicyclic) bond motifs is 4. The topological polar surface area (TPSA) is 57.5 Å². The molecule has 3 saturated heterocycles. The number of carbonyl (C=O) groups is 1. The second-order valence-electron chi connectivity index (χ2n) is 6.76. The second-order valence-corrected chi connectivity index (χ2v) is 6.76. The number of nitrogens with zero attached hydrogens (tertiary/aromatic N) is 2. The summed E-state index contributed by atoms with van der Waals surface area (Å²) in [6, 6.07) is 8.05. The Kier molecular flexibility index (Phi) is 3.83. The molecular weight excluding hydrogens is 290 g/mol. The smallest absolute Gasteiger partial charge is 0.337 e. The summed E-state index contributed by atoms with van der Waals surface area (Å²) in [5.74, 6) is -0.0445. The maximum absolute atomic E-state index is 11.4. The Morgan fingerprint density at radius 2 is 2.09 bits per heavy atom. The van der Waals surface area contributed by atoms with Crippen molar-refractivity contribution in [3.8, 4) is 0 Å². The van der Waals surface area contributed by atoms with Crippen LogP contribution in [-0.4, -0.2) is 52.8 Å². The van der Waals surface area contributed by atoms with E-state index >= 15 is 0 Å². The van der Waals surface area contributed by atoms with Crippen molar-refractivity contribution in [3.63, 3.8) is 0 Å². The van der Waals surface area contributed by atoms with Gasteiger partial charge < -0.3 is 19.9 Å². The molecule has 5 rings (SSSR count).